The number of nitriles is 1. The number of benzene rings is 2. The lowest BCUT2D eigenvalue weighted by Crippen LogP contribution is -1.95. The number of hydrogen-bond acceptors (Lipinski definition) is 5. The summed E-state index contributed by atoms with van der Waals surface area (Å²) < 4.78 is 23.5. The van der Waals surface area contributed by atoms with Gasteiger partial charge < -0.3 is 9.47 Å². The van der Waals surface area contributed by atoms with Crippen molar-refractivity contribution in [3.8, 4) is 23.3 Å². The predicted octanol–water partition coefficient (Wildman–Crippen LogP) is 3.41. The van der Waals surface area contributed by atoms with E-state index in [1.807, 2.05) is 0 Å². The molecule has 0 bridgehead atoms. The fourth-order valence-electron chi connectivity index (χ4n) is 1.67. The summed E-state index contributed by atoms with van der Waals surface area (Å²) in [5.41, 5.74) is -0.265. The van der Waals surface area contributed by atoms with E-state index in [0.717, 1.165) is 12.1 Å². The molecular weight excluding hydrogens is 279 g/mol. The highest BCUT2D eigenvalue weighted by molar-refractivity contribution is 5.53. The van der Waals surface area contributed by atoms with Crippen LogP contribution in [0.15, 0.2) is 36.4 Å². The highest BCUT2D eigenvalue weighted by atomic mass is 19.1. The molecule has 0 aliphatic rings. The normalized spacial score (nSPS) is 9.76. The average Bonchev–Trinajstić information content (AvgIpc) is 2.46. The first-order valence-corrected chi connectivity index (χ1v) is 5.74. The highest BCUT2D eigenvalue weighted by Crippen LogP contribution is 2.34. The van der Waals surface area contributed by atoms with Crippen LogP contribution in [0, 0.1) is 27.3 Å². The second-order valence-electron chi connectivity index (χ2n) is 3.98. The molecule has 0 N–H and O–H groups in total. The van der Waals surface area contributed by atoms with Gasteiger partial charge in [-0.3, -0.25) is 10.1 Å². The summed E-state index contributed by atoms with van der Waals surface area (Å²) >= 11 is 0. The van der Waals surface area contributed by atoms with Crippen LogP contribution in [0.3, 0.4) is 0 Å². The minimum Gasteiger partial charge on any atom is -0.496 e. The zero-order valence-electron chi connectivity index (χ0n) is 10.9. The molecule has 0 radical (unpaired) electrons. The molecule has 0 aromatic heterocycles. The van der Waals surface area contributed by atoms with Crippen LogP contribution in [-0.4, -0.2) is 12.0 Å². The van der Waals surface area contributed by atoms with Crippen LogP contribution in [-0.2, 0) is 0 Å². The standard InChI is InChI=1S/C14H9FN2O4/c1-20-11-2-3-14(13(7-11)17(18)19)21-12-5-9(8-16)4-10(15)6-12/h2-7H,1H3. The fraction of sp³-hybridized carbons (Fsp3) is 0.0714. The zero-order valence-corrected chi connectivity index (χ0v) is 10.9. The maximum absolute atomic E-state index is 13.3. The van der Waals surface area contributed by atoms with Crippen LogP contribution < -0.4 is 9.47 Å². The second kappa shape index (κ2) is 5.88. The zero-order chi connectivity index (χ0) is 15.4. The summed E-state index contributed by atoms with van der Waals surface area (Å²) in [5, 5.41) is 19.8. The van der Waals surface area contributed by atoms with Gasteiger partial charge in [-0.05, 0) is 24.3 Å². The molecule has 0 aliphatic heterocycles. The van der Waals surface area contributed by atoms with Crippen molar-refractivity contribution < 1.29 is 18.8 Å². The molecule has 0 saturated heterocycles. The average molecular weight is 288 g/mol. The summed E-state index contributed by atoms with van der Waals surface area (Å²) in [6.07, 6.45) is 0. The number of rotatable bonds is 4. The Hall–Kier alpha value is -3.14. The number of halogens is 1. The van der Waals surface area contributed by atoms with Crippen molar-refractivity contribution in [3.05, 3.63) is 57.9 Å². The van der Waals surface area contributed by atoms with E-state index in [9.17, 15) is 14.5 Å². The molecule has 6 nitrogen and oxygen atoms in total. The van der Waals surface area contributed by atoms with Gasteiger partial charge in [-0.15, -0.1) is 0 Å². The molecule has 21 heavy (non-hydrogen) atoms. The van der Waals surface area contributed by atoms with Crippen LogP contribution in [0.1, 0.15) is 5.56 Å². The molecule has 2 aromatic carbocycles. The van der Waals surface area contributed by atoms with E-state index in [0.29, 0.717) is 5.75 Å². The first kappa shape index (κ1) is 14.3. The molecule has 0 fully saturated rings. The van der Waals surface area contributed by atoms with Gasteiger partial charge in [-0.1, -0.05) is 0 Å². The number of ether oxygens (including phenoxy) is 2. The van der Waals surface area contributed by atoms with Crippen LogP contribution in [0.5, 0.6) is 17.2 Å². The smallest absolute Gasteiger partial charge is 0.315 e. The van der Waals surface area contributed by atoms with Gasteiger partial charge in [0.25, 0.3) is 0 Å². The van der Waals surface area contributed by atoms with Gasteiger partial charge in [0.15, 0.2) is 0 Å². The van der Waals surface area contributed by atoms with Crippen molar-refractivity contribution in [2.75, 3.05) is 7.11 Å². The fourth-order valence-corrected chi connectivity index (χ4v) is 1.67. The van der Waals surface area contributed by atoms with E-state index in [1.54, 1.807) is 6.07 Å². The second-order valence-corrected chi connectivity index (χ2v) is 3.98. The highest BCUT2D eigenvalue weighted by Gasteiger charge is 2.17. The third kappa shape index (κ3) is 3.25. The molecule has 106 valence electrons. The van der Waals surface area contributed by atoms with E-state index in [-0.39, 0.29) is 22.7 Å². The van der Waals surface area contributed by atoms with E-state index >= 15 is 0 Å². The van der Waals surface area contributed by atoms with E-state index < -0.39 is 10.7 Å². The van der Waals surface area contributed by atoms with E-state index in [4.69, 9.17) is 14.7 Å². The minimum absolute atomic E-state index is 0.000170. The quantitative estimate of drug-likeness (QED) is 0.635. The molecule has 0 unspecified atom stereocenters. The Balaban J connectivity index is 2.42. The third-order valence-corrected chi connectivity index (χ3v) is 2.59. The van der Waals surface area contributed by atoms with Crippen LogP contribution in [0.25, 0.3) is 0 Å². The molecule has 2 aromatic rings. The van der Waals surface area contributed by atoms with Gasteiger partial charge in [0.1, 0.15) is 17.3 Å². The minimum atomic E-state index is -0.666. The van der Waals surface area contributed by atoms with Gasteiger partial charge in [0.2, 0.25) is 5.75 Å². The maximum Gasteiger partial charge on any atom is 0.315 e. The van der Waals surface area contributed by atoms with E-state index in [2.05, 4.69) is 0 Å². The topological polar surface area (TPSA) is 85.4 Å². The Bertz CT molecular complexity index is 740. The Kier molecular flexibility index (Phi) is 4.00. The van der Waals surface area contributed by atoms with Crippen LogP contribution in [0.4, 0.5) is 10.1 Å². The van der Waals surface area contributed by atoms with Crippen molar-refractivity contribution in [1.29, 1.82) is 5.26 Å². The lowest BCUT2D eigenvalue weighted by Gasteiger charge is -2.08. The molecule has 0 spiro atoms. The third-order valence-electron chi connectivity index (χ3n) is 2.59. The van der Waals surface area contributed by atoms with E-state index in [1.165, 1.54) is 31.4 Å². The molecule has 0 aliphatic carbocycles. The molecule has 0 heterocycles. The molecule has 0 saturated carbocycles. The first-order chi connectivity index (χ1) is 10.0. The van der Waals surface area contributed by atoms with Crippen molar-refractivity contribution in [3.63, 3.8) is 0 Å². The summed E-state index contributed by atoms with van der Waals surface area (Å²) in [6, 6.07) is 9.15. The summed E-state index contributed by atoms with van der Waals surface area (Å²) in [6.45, 7) is 0. The van der Waals surface area contributed by atoms with Crippen molar-refractivity contribution in [1.82, 2.24) is 0 Å². The van der Waals surface area contributed by atoms with Gasteiger partial charge in [0, 0.05) is 6.07 Å². The number of nitro benzene ring substituents is 1. The number of nitro groups is 1. The Labute approximate surface area is 119 Å². The molecular formula is C14H9FN2O4. The Morgan fingerprint density at radius 3 is 2.62 bits per heavy atom. The molecule has 0 amide bonds. The summed E-state index contributed by atoms with van der Waals surface area (Å²) in [5.74, 6) is -0.443. The lowest BCUT2D eigenvalue weighted by molar-refractivity contribution is -0.385. The van der Waals surface area contributed by atoms with Gasteiger partial charge in [-0.25, -0.2) is 4.39 Å². The van der Waals surface area contributed by atoms with Crippen molar-refractivity contribution >= 4 is 5.69 Å². The predicted molar refractivity (Wildman–Crippen MR) is 70.8 cm³/mol. The summed E-state index contributed by atoms with van der Waals surface area (Å²) in [7, 11) is 1.38. The van der Waals surface area contributed by atoms with Gasteiger partial charge >= 0.3 is 5.69 Å². The Morgan fingerprint density at radius 1 is 1.24 bits per heavy atom. The largest absolute Gasteiger partial charge is 0.496 e. The summed E-state index contributed by atoms with van der Waals surface area (Å²) in [4.78, 5) is 10.4. The van der Waals surface area contributed by atoms with Crippen molar-refractivity contribution in [2.24, 2.45) is 0 Å². The first-order valence-electron chi connectivity index (χ1n) is 5.74. The van der Waals surface area contributed by atoms with Gasteiger partial charge in [0.05, 0.1) is 29.7 Å². The van der Waals surface area contributed by atoms with Crippen molar-refractivity contribution in [2.45, 2.75) is 0 Å². The van der Waals surface area contributed by atoms with Crippen LogP contribution in [0.2, 0.25) is 0 Å². The SMILES string of the molecule is COc1ccc(Oc2cc(F)cc(C#N)c2)c([N+](=O)[O-])c1. The lowest BCUT2D eigenvalue weighted by atomic mass is 10.2. The van der Waals surface area contributed by atoms with Gasteiger partial charge in [-0.2, -0.15) is 5.26 Å². The number of hydrogen-bond donors (Lipinski definition) is 0. The monoisotopic (exact) mass is 288 g/mol. The molecule has 2 rings (SSSR count). The number of nitrogens with zero attached hydrogens (tertiary/aromatic N) is 2. The number of methoxy groups -OCH3 is 1. The Morgan fingerprint density at radius 2 is 2.00 bits per heavy atom. The molecule has 0 atom stereocenters. The molecule has 7 heteroatoms. The maximum atomic E-state index is 13.3. The van der Waals surface area contributed by atoms with Crippen LogP contribution >= 0.6 is 0 Å².